The molecule has 0 amide bonds. The first-order valence-corrected chi connectivity index (χ1v) is 5.69. The molecule has 1 fully saturated rings. The van der Waals surface area contributed by atoms with Gasteiger partial charge in [0.15, 0.2) is 0 Å². The zero-order valence-corrected chi connectivity index (χ0v) is 10.3. The Labute approximate surface area is 100.0 Å². The van der Waals surface area contributed by atoms with E-state index in [0.29, 0.717) is 5.75 Å². The molecule has 0 bridgehead atoms. The van der Waals surface area contributed by atoms with Crippen LogP contribution in [0.15, 0.2) is 12.4 Å². The van der Waals surface area contributed by atoms with Gasteiger partial charge in [-0.1, -0.05) is 20.8 Å². The van der Waals surface area contributed by atoms with E-state index in [1.165, 1.54) is 6.20 Å². The molecule has 0 radical (unpaired) electrons. The second kappa shape index (κ2) is 3.98. The van der Waals surface area contributed by atoms with E-state index in [1.807, 2.05) is 20.8 Å². The Morgan fingerprint density at radius 3 is 2.53 bits per heavy atom. The van der Waals surface area contributed by atoms with Crippen molar-refractivity contribution in [3.63, 3.8) is 0 Å². The van der Waals surface area contributed by atoms with Crippen LogP contribution < -0.4 is 4.74 Å². The lowest BCUT2D eigenvalue weighted by molar-refractivity contribution is -0.386. The molecule has 1 aliphatic rings. The van der Waals surface area contributed by atoms with Crippen molar-refractivity contribution in [1.29, 1.82) is 0 Å². The number of ether oxygens (including phenoxy) is 1. The molecule has 0 spiro atoms. The predicted octanol–water partition coefficient (Wildman–Crippen LogP) is 2.83. The van der Waals surface area contributed by atoms with E-state index in [1.54, 1.807) is 6.20 Å². The molecule has 0 aliphatic heterocycles. The van der Waals surface area contributed by atoms with Crippen LogP contribution in [0.1, 0.15) is 39.2 Å². The third-order valence-electron chi connectivity index (χ3n) is 2.69. The quantitative estimate of drug-likeness (QED) is 0.598. The van der Waals surface area contributed by atoms with Crippen LogP contribution in [0.25, 0.3) is 0 Å². The minimum Gasteiger partial charge on any atom is -0.483 e. The van der Waals surface area contributed by atoms with Crippen molar-refractivity contribution in [1.82, 2.24) is 4.98 Å². The first kappa shape index (κ1) is 11.8. The Morgan fingerprint density at radius 2 is 2.06 bits per heavy atom. The minimum absolute atomic E-state index is 0.0377. The number of aromatic nitrogens is 1. The lowest BCUT2D eigenvalue weighted by Crippen LogP contribution is -2.15. The Bertz CT molecular complexity index is 448. The molecule has 2 rings (SSSR count). The normalized spacial score (nSPS) is 15.7. The van der Waals surface area contributed by atoms with Crippen LogP contribution in [0.2, 0.25) is 0 Å². The number of pyridine rings is 1. The van der Waals surface area contributed by atoms with Gasteiger partial charge < -0.3 is 4.74 Å². The van der Waals surface area contributed by atoms with Crippen molar-refractivity contribution in [2.45, 2.75) is 45.1 Å². The molecule has 0 N–H and O–H groups in total. The van der Waals surface area contributed by atoms with E-state index < -0.39 is 4.92 Å². The van der Waals surface area contributed by atoms with Crippen molar-refractivity contribution >= 4 is 5.69 Å². The van der Waals surface area contributed by atoms with Crippen LogP contribution in [0, 0.1) is 10.1 Å². The molecule has 1 aromatic heterocycles. The maximum absolute atomic E-state index is 11.0. The molecule has 17 heavy (non-hydrogen) atoms. The van der Waals surface area contributed by atoms with Crippen molar-refractivity contribution in [2.75, 3.05) is 0 Å². The summed E-state index contributed by atoms with van der Waals surface area (Å²) in [5, 5.41) is 11.0. The van der Waals surface area contributed by atoms with E-state index in [9.17, 15) is 10.1 Å². The van der Waals surface area contributed by atoms with Gasteiger partial charge >= 0.3 is 5.69 Å². The maximum atomic E-state index is 11.0. The molecule has 1 aliphatic carbocycles. The van der Waals surface area contributed by atoms with E-state index in [2.05, 4.69) is 4.98 Å². The maximum Gasteiger partial charge on any atom is 0.329 e. The molecule has 0 aromatic carbocycles. The highest BCUT2D eigenvalue weighted by Gasteiger charge is 2.32. The Kier molecular flexibility index (Phi) is 2.77. The highest BCUT2D eigenvalue weighted by Crippen LogP contribution is 2.40. The summed E-state index contributed by atoms with van der Waals surface area (Å²) in [5.74, 6) is 0.389. The summed E-state index contributed by atoms with van der Waals surface area (Å²) in [6.07, 6.45) is 5.00. The molecule has 5 heteroatoms. The first-order valence-electron chi connectivity index (χ1n) is 5.69. The zero-order valence-electron chi connectivity index (χ0n) is 10.3. The van der Waals surface area contributed by atoms with Gasteiger partial charge in [0.2, 0.25) is 5.75 Å². The van der Waals surface area contributed by atoms with Crippen LogP contribution in [0.3, 0.4) is 0 Å². The van der Waals surface area contributed by atoms with E-state index >= 15 is 0 Å². The van der Waals surface area contributed by atoms with Gasteiger partial charge in [-0.25, -0.2) is 0 Å². The van der Waals surface area contributed by atoms with Crippen LogP contribution in [0.4, 0.5) is 5.69 Å². The SMILES string of the molecule is CC(C)(C)c1cncc([N+](=O)[O-])c1OC1CC1. The Balaban J connectivity index is 2.49. The molecule has 0 atom stereocenters. The van der Waals surface area contributed by atoms with Crippen LogP contribution in [0.5, 0.6) is 5.75 Å². The smallest absolute Gasteiger partial charge is 0.329 e. The van der Waals surface area contributed by atoms with Crippen LogP contribution in [-0.4, -0.2) is 16.0 Å². The van der Waals surface area contributed by atoms with E-state index in [-0.39, 0.29) is 17.2 Å². The molecule has 5 nitrogen and oxygen atoms in total. The predicted molar refractivity (Wildman–Crippen MR) is 63.2 cm³/mol. The van der Waals surface area contributed by atoms with Gasteiger partial charge in [-0.3, -0.25) is 15.1 Å². The van der Waals surface area contributed by atoms with Gasteiger partial charge in [-0.15, -0.1) is 0 Å². The highest BCUT2D eigenvalue weighted by atomic mass is 16.6. The highest BCUT2D eigenvalue weighted by molar-refractivity contribution is 5.52. The molecule has 92 valence electrons. The van der Waals surface area contributed by atoms with Crippen LogP contribution >= 0.6 is 0 Å². The molecule has 1 aromatic rings. The third kappa shape index (κ3) is 2.54. The van der Waals surface area contributed by atoms with Crippen molar-refractivity contribution in [2.24, 2.45) is 0 Å². The summed E-state index contributed by atoms with van der Waals surface area (Å²) in [6, 6.07) is 0. The first-order chi connectivity index (χ1) is 7.89. The number of nitrogens with zero attached hydrogens (tertiary/aromatic N) is 2. The largest absolute Gasteiger partial charge is 0.483 e. The Morgan fingerprint density at radius 1 is 1.41 bits per heavy atom. The third-order valence-corrected chi connectivity index (χ3v) is 2.69. The second-order valence-electron chi connectivity index (χ2n) is 5.36. The number of nitro groups is 1. The molecular weight excluding hydrogens is 220 g/mol. The summed E-state index contributed by atoms with van der Waals surface area (Å²) in [4.78, 5) is 14.5. The summed E-state index contributed by atoms with van der Waals surface area (Å²) < 4.78 is 5.69. The standard InChI is InChI=1S/C12H16N2O3/c1-12(2,3)9-6-13-7-10(14(15)16)11(9)17-8-4-5-8/h6-8H,4-5H2,1-3H3. The van der Waals surface area contributed by atoms with Gasteiger partial charge in [-0.05, 0) is 18.3 Å². The fourth-order valence-electron chi connectivity index (χ4n) is 1.58. The molecule has 1 heterocycles. The van der Waals surface area contributed by atoms with E-state index in [4.69, 9.17) is 4.74 Å². The average molecular weight is 236 g/mol. The summed E-state index contributed by atoms with van der Waals surface area (Å²) in [6.45, 7) is 5.98. The second-order valence-corrected chi connectivity index (χ2v) is 5.36. The van der Waals surface area contributed by atoms with E-state index in [0.717, 1.165) is 18.4 Å². The topological polar surface area (TPSA) is 65.3 Å². The fraction of sp³-hybridized carbons (Fsp3) is 0.583. The van der Waals surface area contributed by atoms with Gasteiger partial charge in [0, 0.05) is 11.8 Å². The summed E-state index contributed by atoms with van der Waals surface area (Å²) in [5.41, 5.74) is 0.534. The zero-order chi connectivity index (χ0) is 12.6. The number of hydrogen-bond acceptors (Lipinski definition) is 4. The summed E-state index contributed by atoms with van der Waals surface area (Å²) >= 11 is 0. The van der Waals surface area contributed by atoms with Gasteiger partial charge in [-0.2, -0.15) is 0 Å². The fourth-order valence-corrected chi connectivity index (χ4v) is 1.58. The van der Waals surface area contributed by atoms with Gasteiger partial charge in [0.25, 0.3) is 0 Å². The number of hydrogen-bond donors (Lipinski definition) is 0. The molecule has 0 unspecified atom stereocenters. The van der Waals surface area contributed by atoms with Crippen molar-refractivity contribution in [3.05, 3.63) is 28.1 Å². The summed E-state index contributed by atoms with van der Waals surface area (Å²) in [7, 11) is 0. The number of rotatable bonds is 3. The van der Waals surface area contributed by atoms with Crippen molar-refractivity contribution in [3.8, 4) is 5.75 Å². The van der Waals surface area contributed by atoms with Crippen molar-refractivity contribution < 1.29 is 9.66 Å². The Hall–Kier alpha value is -1.65. The lowest BCUT2D eigenvalue weighted by atomic mass is 9.87. The minimum atomic E-state index is -0.431. The van der Waals surface area contributed by atoms with Crippen LogP contribution in [-0.2, 0) is 5.41 Å². The molecular formula is C12H16N2O3. The van der Waals surface area contributed by atoms with Gasteiger partial charge in [0.05, 0.1) is 11.0 Å². The average Bonchev–Trinajstić information content (AvgIpc) is 3.00. The molecule has 0 saturated heterocycles. The monoisotopic (exact) mass is 236 g/mol. The molecule has 1 saturated carbocycles. The van der Waals surface area contributed by atoms with Gasteiger partial charge in [0.1, 0.15) is 6.20 Å². The lowest BCUT2D eigenvalue weighted by Gasteiger charge is -2.21.